The SMILES string of the molecule is O=C(COC(=O)c1ccc(CN2CCCC2=O)cc1)Nc1ccc2c(c1)OC1(CCCCC1)O2. The minimum absolute atomic E-state index is 0.158. The number of carbonyl (C=O) groups excluding carboxylic acids is 3. The Morgan fingerprint density at radius 3 is 2.47 bits per heavy atom. The lowest BCUT2D eigenvalue weighted by Crippen LogP contribution is -2.40. The van der Waals surface area contributed by atoms with Gasteiger partial charge in [-0.2, -0.15) is 0 Å². The first-order chi connectivity index (χ1) is 16.5. The van der Waals surface area contributed by atoms with Crippen molar-refractivity contribution in [3.05, 3.63) is 53.6 Å². The minimum Gasteiger partial charge on any atom is -0.452 e. The zero-order valence-electron chi connectivity index (χ0n) is 19.0. The summed E-state index contributed by atoms with van der Waals surface area (Å²) in [5, 5.41) is 2.73. The van der Waals surface area contributed by atoms with E-state index in [1.165, 1.54) is 6.42 Å². The summed E-state index contributed by atoms with van der Waals surface area (Å²) in [7, 11) is 0. The summed E-state index contributed by atoms with van der Waals surface area (Å²) in [4.78, 5) is 38.2. The molecule has 0 aromatic heterocycles. The van der Waals surface area contributed by atoms with Crippen molar-refractivity contribution in [2.45, 2.75) is 57.3 Å². The lowest BCUT2D eigenvalue weighted by Gasteiger charge is -2.31. The molecule has 1 spiro atoms. The van der Waals surface area contributed by atoms with Crippen molar-refractivity contribution in [1.29, 1.82) is 0 Å². The molecule has 0 radical (unpaired) electrons. The molecule has 1 N–H and O–H groups in total. The third-order valence-corrected chi connectivity index (χ3v) is 6.50. The van der Waals surface area contributed by atoms with Crippen LogP contribution in [0.25, 0.3) is 0 Å². The summed E-state index contributed by atoms with van der Waals surface area (Å²) in [5.74, 6) is -0.132. The Morgan fingerprint density at radius 1 is 0.971 bits per heavy atom. The molecule has 178 valence electrons. The molecule has 2 fully saturated rings. The lowest BCUT2D eigenvalue weighted by atomic mass is 9.94. The van der Waals surface area contributed by atoms with Crippen LogP contribution in [0.3, 0.4) is 0 Å². The van der Waals surface area contributed by atoms with Crippen molar-refractivity contribution in [3.8, 4) is 11.5 Å². The third kappa shape index (κ3) is 4.85. The molecule has 1 aliphatic carbocycles. The van der Waals surface area contributed by atoms with Gasteiger partial charge in [0, 0.05) is 44.1 Å². The number of likely N-dealkylation sites (tertiary alicyclic amines) is 1. The number of amides is 2. The average Bonchev–Trinajstić information content (AvgIpc) is 3.40. The summed E-state index contributed by atoms with van der Waals surface area (Å²) in [6.07, 6.45) is 6.54. The van der Waals surface area contributed by atoms with Gasteiger partial charge in [-0.3, -0.25) is 9.59 Å². The highest BCUT2D eigenvalue weighted by Gasteiger charge is 2.42. The fourth-order valence-electron chi connectivity index (χ4n) is 4.72. The molecule has 0 bridgehead atoms. The summed E-state index contributed by atoms with van der Waals surface area (Å²) in [6, 6.07) is 12.2. The van der Waals surface area contributed by atoms with Gasteiger partial charge in [-0.25, -0.2) is 4.79 Å². The van der Waals surface area contributed by atoms with Crippen LogP contribution in [-0.2, 0) is 20.9 Å². The lowest BCUT2D eigenvalue weighted by molar-refractivity contribution is -0.128. The van der Waals surface area contributed by atoms with Gasteiger partial charge in [0.15, 0.2) is 18.1 Å². The predicted octanol–water partition coefficient (Wildman–Crippen LogP) is 4.04. The van der Waals surface area contributed by atoms with Crippen LogP contribution in [0, 0.1) is 0 Å². The fraction of sp³-hybridized carbons (Fsp3) is 0.423. The molecule has 2 aromatic rings. The molecule has 34 heavy (non-hydrogen) atoms. The molecule has 0 unspecified atom stereocenters. The summed E-state index contributed by atoms with van der Waals surface area (Å²) in [5.41, 5.74) is 1.85. The second-order valence-corrected chi connectivity index (χ2v) is 9.08. The average molecular weight is 465 g/mol. The quantitative estimate of drug-likeness (QED) is 0.649. The van der Waals surface area contributed by atoms with E-state index in [0.717, 1.165) is 44.2 Å². The van der Waals surface area contributed by atoms with Gasteiger partial charge in [0.1, 0.15) is 0 Å². The van der Waals surface area contributed by atoms with E-state index in [-0.39, 0.29) is 5.91 Å². The van der Waals surface area contributed by atoms with E-state index in [1.54, 1.807) is 42.5 Å². The van der Waals surface area contributed by atoms with Crippen molar-refractivity contribution >= 4 is 23.5 Å². The Bertz CT molecular complexity index is 1090. The molecule has 0 atom stereocenters. The van der Waals surface area contributed by atoms with Crippen LogP contribution in [0.15, 0.2) is 42.5 Å². The summed E-state index contributed by atoms with van der Waals surface area (Å²) < 4.78 is 17.3. The monoisotopic (exact) mass is 464 g/mol. The van der Waals surface area contributed by atoms with Gasteiger partial charge in [-0.1, -0.05) is 18.6 Å². The molecule has 3 aliphatic rings. The third-order valence-electron chi connectivity index (χ3n) is 6.50. The van der Waals surface area contributed by atoms with Crippen molar-refractivity contribution in [3.63, 3.8) is 0 Å². The van der Waals surface area contributed by atoms with Crippen LogP contribution in [0.4, 0.5) is 5.69 Å². The Morgan fingerprint density at radius 2 is 1.74 bits per heavy atom. The number of hydrogen-bond acceptors (Lipinski definition) is 6. The molecule has 1 saturated heterocycles. The van der Waals surface area contributed by atoms with Gasteiger partial charge in [0.2, 0.25) is 5.91 Å². The number of rotatable bonds is 6. The molecule has 2 amide bonds. The standard InChI is InChI=1S/C26H28N2O6/c29-23(27-20-10-11-21-22(15-20)34-26(33-21)12-2-1-3-13-26)17-32-25(31)19-8-6-18(7-9-19)16-28-14-4-5-24(28)30/h6-11,15H,1-5,12-14,16-17H2,(H,27,29). The topological polar surface area (TPSA) is 94.2 Å². The maximum atomic E-state index is 12.3. The first-order valence-electron chi connectivity index (χ1n) is 11.9. The van der Waals surface area contributed by atoms with Crippen LogP contribution in [0.1, 0.15) is 60.9 Å². The largest absolute Gasteiger partial charge is 0.452 e. The highest BCUT2D eigenvalue weighted by molar-refractivity contribution is 5.95. The van der Waals surface area contributed by atoms with Gasteiger partial charge < -0.3 is 24.4 Å². The van der Waals surface area contributed by atoms with E-state index < -0.39 is 24.3 Å². The summed E-state index contributed by atoms with van der Waals surface area (Å²) >= 11 is 0. The Balaban J connectivity index is 1.11. The maximum absolute atomic E-state index is 12.3. The molecular weight excluding hydrogens is 436 g/mol. The van der Waals surface area contributed by atoms with Crippen LogP contribution in [-0.4, -0.2) is 41.6 Å². The van der Waals surface area contributed by atoms with Gasteiger partial charge in [-0.05, 0) is 49.1 Å². The smallest absolute Gasteiger partial charge is 0.338 e. The maximum Gasteiger partial charge on any atom is 0.338 e. The van der Waals surface area contributed by atoms with Gasteiger partial charge >= 0.3 is 5.97 Å². The van der Waals surface area contributed by atoms with Crippen LogP contribution >= 0.6 is 0 Å². The Kier molecular flexibility index (Phi) is 6.13. The molecule has 2 aromatic carbocycles. The zero-order valence-corrected chi connectivity index (χ0v) is 19.0. The minimum atomic E-state index is -0.580. The molecule has 8 heteroatoms. The molecule has 2 aliphatic heterocycles. The number of benzene rings is 2. The molecule has 1 saturated carbocycles. The van der Waals surface area contributed by atoms with E-state index >= 15 is 0 Å². The van der Waals surface area contributed by atoms with E-state index in [0.29, 0.717) is 35.7 Å². The van der Waals surface area contributed by atoms with Gasteiger partial charge in [0.05, 0.1) is 5.56 Å². The predicted molar refractivity (Wildman–Crippen MR) is 124 cm³/mol. The second-order valence-electron chi connectivity index (χ2n) is 9.08. The normalized spacial score (nSPS) is 18.2. The Labute approximate surface area is 198 Å². The highest BCUT2D eigenvalue weighted by Crippen LogP contribution is 2.46. The zero-order chi connectivity index (χ0) is 23.5. The first kappa shape index (κ1) is 22.3. The molecule has 2 heterocycles. The summed E-state index contributed by atoms with van der Waals surface area (Å²) in [6.45, 7) is 0.899. The van der Waals surface area contributed by atoms with Crippen LogP contribution < -0.4 is 14.8 Å². The Hall–Kier alpha value is -3.55. The number of fused-ring (bicyclic) bond motifs is 1. The second kappa shape index (κ2) is 9.37. The van der Waals surface area contributed by atoms with E-state index in [9.17, 15) is 14.4 Å². The number of ether oxygens (including phenoxy) is 3. The number of hydrogen-bond donors (Lipinski definition) is 1. The number of carbonyl (C=O) groups is 3. The molecule has 5 rings (SSSR count). The number of nitrogens with zero attached hydrogens (tertiary/aromatic N) is 1. The first-order valence-corrected chi connectivity index (χ1v) is 11.9. The number of esters is 1. The van der Waals surface area contributed by atoms with Crippen molar-refractivity contribution in [1.82, 2.24) is 4.90 Å². The van der Waals surface area contributed by atoms with E-state index in [1.807, 2.05) is 4.90 Å². The van der Waals surface area contributed by atoms with Gasteiger partial charge in [-0.15, -0.1) is 0 Å². The van der Waals surface area contributed by atoms with Crippen molar-refractivity contribution < 1.29 is 28.6 Å². The molecule has 8 nitrogen and oxygen atoms in total. The van der Waals surface area contributed by atoms with Crippen LogP contribution in [0.2, 0.25) is 0 Å². The van der Waals surface area contributed by atoms with Crippen LogP contribution in [0.5, 0.6) is 11.5 Å². The van der Waals surface area contributed by atoms with E-state index in [2.05, 4.69) is 5.32 Å². The molecular formula is C26H28N2O6. The van der Waals surface area contributed by atoms with Gasteiger partial charge in [0.25, 0.3) is 11.7 Å². The number of anilines is 1. The fourth-order valence-corrected chi connectivity index (χ4v) is 4.72. The van der Waals surface area contributed by atoms with Crippen molar-refractivity contribution in [2.75, 3.05) is 18.5 Å². The highest BCUT2D eigenvalue weighted by atomic mass is 16.7. The van der Waals surface area contributed by atoms with Crippen molar-refractivity contribution in [2.24, 2.45) is 0 Å². The number of nitrogens with one attached hydrogen (secondary N) is 1. The van der Waals surface area contributed by atoms with E-state index in [4.69, 9.17) is 14.2 Å².